The first-order chi connectivity index (χ1) is 11.9. The van der Waals surface area contributed by atoms with E-state index in [9.17, 15) is 25.0 Å². The molecule has 3 rings (SSSR count). The molecule has 10 nitrogen and oxygen atoms in total. The smallest absolute Gasteiger partial charge is 0.395 e. The predicted molar refractivity (Wildman–Crippen MR) is 87.4 cm³/mol. The number of thiazole rings is 1. The maximum Gasteiger partial charge on any atom is 0.433 e. The molecule has 0 aliphatic rings. The van der Waals surface area contributed by atoms with Crippen LogP contribution in [0.5, 0.6) is 0 Å². The molecule has 2 heterocycles. The Bertz CT molecular complexity index is 1080. The molecule has 0 saturated heterocycles. The first-order valence-electron chi connectivity index (χ1n) is 7.01. The molecule has 2 aromatic heterocycles. The van der Waals surface area contributed by atoms with E-state index in [0.717, 1.165) is 17.4 Å². The number of rotatable bonds is 4. The number of fused-ring (bicyclic) bond motifs is 1. The number of hydrogen-bond acceptors (Lipinski definition) is 7. The maximum absolute atomic E-state index is 12.2. The molecule has 0 radical (unpaired) electrons. The van der Waals surface area contributed by atoms with Crippen LogP contribution in [-0.2, 0) is 6.54 Å². The molecule has 0 bridgehead atoms. The number of nitrogens with zero attached hydrogens (tertiary/aromatic N) is 4. The fraction of sp³-hybridized carbons (Fsp3) is 0.143. The van der Waals surface area contributed by atoms with E-state index in [-0.39, 0.29) is 11.4 Å². The van der Waals surface area contributed by atoms with Crippen LogP contribution < -0.4 is 4.80 Å². The predicted octanol–water partition coefficient (Wildman–Crippen LogP) is 2.87. The second-order valence-electron chi connectivity index (χ2n) is 4.85. The molecule has 25 heavy (non-hydrogen) atoms. The maximum atomic E-state index is 12.2. The molecule has 0 spiro atoms. The minimum atomic E-state index is -0.767. The third-order valence-corrected chi connectivity index (χ3v) is 4.41. The van der Waals surface area contributed by atoms with Crippen LogP contribution >= 0.6 is 11.3 Å². The number of amides is 1. The van der Waals surface area contributed by atoms with Gasteiger partial charge in [0.15, 0.2) is 4.80 Å². The van der Waals surface area contributed by atoms with Crippen LogP contribution in [0.2, 0.25) is 0 Å². The van der Waals surface area contributed by atoms with Crippen molar-refractivity contribution in [1.29, 1.82) is 0 Å². The fourth-order valence-corrected chi connectivity index (χ4v) is 3.37. The molecule has 0 saturated carbocycles. The second kappa shape index (κ2) is 6.28. The Hall–Kier alpha value is -3.34. The summed E-state index contributed by atoms with van der Waals surface area (Å²) in [7, 11) is 0. The number of nitro groups is 2. The summed E-state index contributed by atoms with van der Waals surface area (Å²) in [4.78, 5) is 36.7. The summed E-state index contributed by atoms with van der Waals surface area (Å²) in [5.74, 6) is -1.57. The number of nitro benzene ring substituents is 1. The van der Waals surface area contributed by atoms with Gasteiger partial charge in [0.2, 0.25) is 5.76 Å². The molecule has 0 N–H and O–H groups in total. The van der Waals surface area contributed by atoms with Crippen LogP contribution in [0.1, 0.15) is 17.5 Å². The van der Waals surface area contributed by atoms with Gasteiger partial charge in [-0.15, -0.1) is 0 Å². The molecule has 1 amide bonds. The van der Waals surface area contributed by atoms with Gasteiger partial charge in [0, 0.05) is 18.7 Å². The van der Waals surface area contributed by atoms with Crippen LogP contribution in [0.4, 0.5) is 11.6 Å². The highest BCUT2D eigenvalue weighted by Crippen LogP contribution is 2.23. The molecule has 0 atom stereocenters. The lowest BCUT2D eigenvalue weighted by atomic mass is 10.3. The number of carbonyl (C=O) groups is 1. The van der Waals surface area contributed by atoms with Gasteiger partial charge in [0.05, 0.1) is 21.2 Å². The van der Waals surface area contributed by atoms with Crippen molar-refractivity contribution >= 4 is 39.0 Å². The van der Waals surface area contributed by atoms with E-state index in [1.54, 1.807) is 10.6 Å². The van der Waals surface area contributed by atoms with Crippen molar-refractivity contribution < 1.29 is 19.1 Å². The summed E-state index contributed by atoms with van der Waals surface area (Å²) in [5.41, 5.74) is 0.645. The number of carbonyl (C=O) groups excluding carboxylic acids is 1. The average Bonchev–Trinajstić information content (AvgIpc) is 3.18. The van der Waals surface area contributed by atoms with E-state index in [1.165, 1.54) is 18.2 Å². The number of aryl methyl sites for hydroxylation is 1. The highest BCUT2D eigenvalue weighted by atomic mass is 32.1. The largest absolute Gasteiger partial charge is 0.433 e. The Morgan fingerprint density at radius 1 is 1.24 bits per heavy atom. The van der Waals surface area contributed by atoms with Crippen molar-refractivity contribution in [3.63, 3.8) is 0 Å². The first-order valence-corrected chi connectivity index (χ1v) is 7.83. The summed E-state index contributed by atoms with van der Waals surface area (Å²) in [6.45, 7) is 2.33. The van der Waals surface area contributed by atoms with Gasteiger partial charge >= 0.3 is 11.8 Å². The molecule has 128 valence electrons. The molecule has 3 aromatic rings. The monoisotopic (exact) mass is 362 g/mol. The van der Waals surface area contributed by atoms with E-state index in [4.69, 9.17) is 4.42 Å². The van der Waals surface area contributed by atoms with Crippen molar-refractivity contribution in [2.24, 2.45) is 4.99 Å². The lowest BCUT2D eigenvalue weighted by Crippen LogP contribution is -2.15. The molecular formula is C14H10N4O6S. The molecule has 1 aromatic carbocycles. The number of aromatic nitrogens is 1. The highest BCUT2D eigenvalue weighted by molar-refractivity contribution is 7.16. The number of benzene rings is 1. The van der Waals surface area contributed by atoms with Crippen LogP contribution in [0.25, 0.3) is 10.2 Å². The molecule has 0 aliphatic heterocycles. The fourth-order valence-electron chi connectivity index (χ4n) is 2.25. The Morgan fingerprint density at radius 3 is 2.60 bits per heavy atom. The zero-order chi connectivity index (χ0) is 18.1. The Morgan fingerprint density at radius 2 is 2.00 bits per heavy atom. The van der Waals surface area contributed by atoms with Crippen LogP contribution in [0.3, 0.4) is 0 Å². The van der Waals surface area contributed by atoms with Crippen LogP contribution in [0.15, 0.2) is 39.7 Å². The number of non-ortho nitro benzene ring substituents is 1. The Kier molecular flexibility index (Phi) is 4.15. The zero-order valence-corrected chi connectivity index (χ0v) is 13.6. The van der Waals surface area contributed by atoms with Gasteiger partial charge < -0.3 is 8.98 Å². The van der Waals surface area contributed by atoms with Crippen molar-refractivity contribution in [3.8, 4) is 0 Å². The van der Waals surface area contributed by atoms with Gasteiger partial charge in [-0.3, -0.25) is 25.0 Å². The normalized spacial score (nSPS) is 11.8. The number of furan rings is 1. The van der Waals surface area contributed by atoms with E-state index in [1.807, 2.05) is 6.92 Å². The van der Waals surface area contributed by atoms with Crippen molar-refractivity contribution in [1.82, 2.24) is 4.57 Å². The molecule has 0 fully saturated rings. The summed E-state index contributed by atoms with van der Waals surface area (Å²) in [5, 5.41) is 21.5. The molecule has 11 heteroatoms. The number of hydrogen-bond donors (Lipinski definition) is 0. The third-order valence-electron chi connectivity index (χ3n) is 3.37. The van der Waals surface area contributed by atoms with Gasteiger partial charge in [-0.2, -0.15) is 4.99 Å². The Balaban J connectivity index is 2.09. The molecule has 0 unspecified atom stereocenters. The Labute approximate surface area is 142 Å². The quantitative estimate of drug-likeness (QED) is 0.517. The van der Waals surface area contributed by atoms with Crippen molar-refractivity contribution in [2.75, 3.05) is 0 Å². The van der Waals surface area contributed by atoms with Gasteiger partial charge in [-0.05, 0) is 19.1 Å². The minimum absolute atomic E-state index is 0.0588. The highest BCUT2D eigenvalue weighted by Gasteiger charge is 2.18. The SMILES string of the molecule is CCn1c(=NC(=O)c2ccc([N+](=O)[O-])o2)sc2cc([N+](=O)[O-])ccc21. The van der Waals surface area contributed by atoms with Crippen molar-refractivity contribution in [2.45, 2.75) is 13.5 Å². The summed E-state index contributed by atoms with van der Waals surface area (Å²) < 4.78 is 7.17. The van der Waals surface area contributed by atoms with Gasteiger partial charge in [0.1, 0.15) is 4.92 Å². The third kappa shape index (κ3) is 3.04. The molecular weight excluding hydrogens is 352 g/mol. The van der Waals surface area contributed by atoms with Crippen molar-refractivity contribution in [3.05, 3.63) is 61.1 Å². The standard InChI is InChI=1S/C14H10N4O6S/c1-2-16-9-4-3-8(17(20)21)7-11(9)25-14(16)15-13(19)10-5-6-12(24-10)18(22)23/h3-7H,2H2,1H3. The first kappa shape index (κ1) is 16.5. The van der Waals surface area contributed by atoms with Gasteiger partial charge in [0.25, 0.3) is 5.69 Å². The topological polar surface area (TPSA) is 134 Å². The summed E-state index contributed by atoms with van der Waals surface area (Å²) in [6, 6.07) is 6.63. The summed E-state index contributed by atoms with van der Waals surface area (Å²) in [6.07, 6.45) is 0. The molecule has 0 aliphatic carbocycles. The average molecular weight is 362 g/mol. The van der Waals surface area contributed by atoms with E-state index >= 15 is 0 Å². The zero-order valence-electron chi connectivity index (χ0n) is 12.7. The lowest BCUT2D eigenvalue weighted by molar-refractivity contribution is -0.402. The van der Waals surface area contributed by atoms with Gasteiger partial charge in [-0.1, -0.05) is 11.3 Å². The minimum Gasteiger partial charge on any atom is -0.395 e. The van der Waals surface area contributed by atoms with Gasteiger partial charge in [-0.25, -0.2) is 0 Å². The second-order valence-corrected chi connectivity index (χ2v) is 5.86. The van der Waals surface area contributed by atoms with Crippen LogP contribution in [-0.4, -0.2) is 20.3 Å². The lowest BCUT2D eigenvalue weighted by Gasteiger charge is -1.99. The van der Waals surface area contributed by atoms with Crippen LogP contribution in [0, 0.1) is 20.2 Å². The van der Waals surface area contributed by atoms with E-state index in [2.05, 4.69) is 4.99 Å². The summed E-state index contributed by atoms with van der Waals surface area (Å²) >= 11 is 1.11. The van der Waals surface area contributed by atoms with E-state index in [0.29, 0.717) is 21.6 Å². The van der Waals surface area contributed by atoms with E-state index < -0.39 is 21.6 Å².